The summed E-state index contributed by atoms with van der Waals surface area (Å²) in [6.07, 6.45) is 3.27. The summed E-state index contributed by atoms with van der Waals surface area (Å²) in [4.78, 5) is 12.3. The molecule has 0 N–H and O–H groups in total. The van der Waals surface area contributed by atoms with Crippen molar-refractivity contribution in [2.75, 3.05) is 0 Å². The van der Waals surface area contributed by atoms with Crippen molar-refractivity contribution in [1.29, 1.82) is 0 Å². The Kier molecular flexibility index (Phi) is 4.05. The van der Waals surface area contributed by atoms with Crippen LogP contribution in [0.1, 0.15) is 31.1 Å². The van der Waals surface area contributed by atoms with Gasteiger partial charge in [-0.25, -0.2) is 4.68 Å². The molecule has 0 aliphatic carbocycles. The van der Waals surface area contributed by atoms with Crippen molar-refractivity contribution in [1.82, 2.24) is 9.78 Å². The van der Waals surface area contributed by atoms with Gasteiger partial charge in [0.15, 0.2) is 0 Å². The van der Waals surface area contributed by atoms with E-state index < -0.39 is 8.32 Å². The highest BCUT2D eigenvalue weighted by atomic mass is 28.4. The highest BCUT2D eigenvalue weighted by molar-refractivity contribution is 6.74. The summed E-state index contributed by atoms with van der Waals surface area (Å²) in [5.74, 6) is 0.506. The van der Waals surface area contributed by atoms with Gasteiger partial charge in [-0.15, -0.1) is 0 Å². The number of carbonyl (C=O) groups is 1. The molecule has 1 aromatic heterocycles. The van der Waals surface area contributed by atoms with Gasteiger partial charge >= 0.3 is 0 Å². The summed E-state index contributed by atoms with van der Waals surface area (Å²) in [5.41, 5.74) is 0.611. The maximum atomic E-state index is 12.3. The Morgan fingerprint density at radius 1 is 1.19 bits per heavy atom. The lowest BCUT2D eigenvalue weighted by Crippen LogP contribution is -2.43. The number of hydrogen-bond acceptors (Lipinski definition) is 3. The molecule has 0 amide bonds. The third kappa shape index (κ3) is 3.42. The zero-order valence-electron chi connectivity index (χ0n) is 13.3. The van der Waals surface area contributed by atoms with Gasteiger partial charge in [-0.1, -0.05) is 39.0 Å². The molecule has 1 aromatic carbocycles. The van der Waals surface area contributed by atoms with Gasteiger partial charge in [0.2, 0.25) is 0 Å². The van der Waals surface area contributed by atoms with Crippen molar-refractivity contribution in [3.63, 3.8) is 0 Å². The first-order valence-corrected chi connectivity index (χ1v) is 9.95. The van der Waals surface area contributed by atoms with Crippen molar-refractivity contribution in [3.05, 3.63) is 48.3 Å². The largest absolute Gasteiger partial charge is 0.541 e. The van der Waals surface area contributed by atoms with E-state index in [9.17, 15) is 4.79 Å². The average molecular weight is 302 g/mol. The fourth-order valence-corrected chi connectivity index (χ4v) is 2.63. The van der Waals surface area contributed by atoms with Gasteiger partial charge in [0.25, 0.3) is 14.2 Å². The predicted octanol–water partition coefficient (Wildman–Crippen LogP) is 3.96. The SMILES string of the molecule is CC(C)(C)[Si](C)(C)Oc1cnn(C(=O)c2ccccc2)c1. The first kappa shape index (κ1) is 15.5. The Morgan fingerprint density at radius 2 is 1.81 bits per heavy atom. The summed E-state index contributed by atoms with van der Waals surface area (Å²) in [5, 5.41) is 4.23. The number of aromatic nitrogens is 2. The first-order chi connectivity index (χ1) is 9.71. The highest BCUT2D eigenvalue weighted by Gasteiger charge is 2.39. The van der Waals surface area contributed by atoms with Crippen LogP contribution in [0.15, 0.2) is 42.7 Å². The normalized spacial score (nSPS) is 12.2. The van der Waals surface area contributed by atoms with E-state index in [0.717, 1.165) is 0 Å². The van der Waals surface area contributed by atoms with Crippen molar-refractivity contribution < 1.29 is 9.22 Å². The van der Waals surface area contributed by atoms with Crippen LogP contribution in [0, 0.1) is 0 Å². The molecule has 0 atom stereocenters. The fourth-order valence-electron chi connectivity index (χ4n) is 1.63. The number of rotatable bonds is 3. The van der Waals surface area contributed by atoms with Gasteiger partial charge in [-0.2, -0.15) is 5.10 Å². The zero-order valence-corrected chi connectivity index (χ0v) is 14.3. The van der Waals surface area contributed by atoms with Crippen LogP contribution >= 0.6 is 0 Å². The quantitative estimate of drug-likeness (QED) is 0.806. The molecule has 2 aromatic rings. The van der Waals surface area contributed by atoms with Crippen LogP contribution in [0.4, 0.5) is 0 Å². The molecule has 0 aliphatic heterocycles. The summed E-state index contributed by atoms with van der Waals surface area (Å²) >= 11 is 0. The van der Waals surface area contributed by atoms with E-state index in [2.05, 4.69) is 39.0 Å². The summed E-state index contributed by atoms with van der Waals surface area (Å²) < 4.78 is 7.47. The first-order valence-electron chi connectivity index (χ1n) is 7.04. The van der Waals surface area contributed by atoms with Crippen molar-refractivity contribution >= 4 is 14.2 Å². The Bertz CT molecular complexity index is 627. The van der Waals surface area contributed by atoms with E-state index in [1.807, 2.05) is 18.2 Å². The lowest BCUT2D eigenvalue weighted by atomic mass is 10.2. The van der Waals surface area contributed by atoms with Gasteiger partial charge in [-0.3, -0.25) is 4.79 Å². The molecule has 0 radical (unpaired) electrons. The van der Waals surface area contributed by atoms with Crippen LogP contribution in [0.3, 0.4) is 0 Å². The van der Waals surface area contributed by atoms with Gasteiger partial charge in [0.05, 0.1) is 12.4 Å². The zero-order chi connectivity index (χ0) is 15.7. The van der Waals surface area contributed by atoms with E-state index >= 15 is 0 Å². The molecule has 0 bridgehead atoms. The second-order valence-electron chi connectivity index (χ2n) is 6.65. The van der Waals surface area contributed by atoms with E-state index in [4.69, 9.17) is 4.43 Å². The van der Waals surface area contributed by atoms with Crippen molar-refractivity contribution in [2.24, 2.45) is 0 Å². The predicted molar refractivity (Wildman–Crippen MR) is 86.2 cm³/mol. The van der Waals surface area contributed by atoms with Gasteiger partial charge in [-0.05, 0) is 30.3 Å². The number of carbonyl (C=O) groups excluding carboxylic acids is 1. The number of hydrogen-bond donors (Lipinski definition) is 0. The van der Waals surface area contributed by atoms with Crippen LogP contribution in [-0.2, 0) is 0 Å². The molecule has 4 nitrogen and oxygen atoms in total. The molecule has 112 valence electrons. The monoisotopic (exact) mass is 302 g/mol. The Labute approximate surface area is 126 Å². The minimum absolute atomic E-state index is 0.110. The molecule has 5 heteroatoms. The Hall–Kier alpha value is -1.88. The van der Waals surface area contributed by atoms with Gasteiger partial charge in [0, 0.05) is 5.56 Å². The topological polar surface area (TPSA) is 44.1 Å². The highest BCUT2D eigenvalue weighted by Crippen LogP contribution is 2.37. The molecule has 1 heterocycles. The second kappa shape index (κ2) is 5.48. The molecule has 0 spiro atoms. The van der Waals surface area contributed by atoms with E-state index in [1.54, 1.807) is 24.5 Å². The maximum absolute atomic E-state index is 12.3. The van der Waals surface area contributed by atoms with Crippen LogP contribution in [-0.4, -0.2) is 24.0 Å². The standard InChI is InChI=1S/C16H22N2O2Si/c1-16(2,3)21(4,5)20-14-11-17-18(12-14)15(19)13-9-7-6-8-10-13/h6-12H,1-5H3. The van der Waals surface area contributed by atoms with Gasteiger partial charge in [0.1, 0.15) is 5.75 Å². The van der Waals surface area contributed by atoms with E-state index in [0.29, 0.717) is 11.3 Å². The molecule has 0 saturated heterocycles. The molecule has 0 aliphatic rings. The average Bonchev–Trinajstić information content (AvgIpc) is 2.85. The van der Waals surface area contributed by atoms with Gasteiger partial charge < -0.3 is 4.43 Å². The Morgan fingerprint density at radius 3 is 2.38 bits per heavy atom. The third-order valence-corrected chi connectivity index (χ3v) is 8.33. The molecule has 2 rings (SSSR count). The van der Waals surface area contributed by atoms with E-state index in [-0.39, 0.29) is 10.9 Å². The minimum atomic E-state index is -1.91. The van der Waals surface area contributed by atoms with Crippen molar-refractivity contribution in [3.8, 4) is 5.75 Å². The van der Waals surface area contributed by atoms with Crippen LogP contribution in [0.2, 0.25) is 18.1 Å². The van der Waals surface area contributed by atoms with Crippen LogP contribution in [0.25, 0.3) is 0 Å². The lowest BCUT2D eigenvalue weighted by Gasteiger charge is -2.35. The molecular weight excluding hydrogens is 280 g/mol. The maximum Gasteiger partial charge on any atom is 0.278 e. The van der Waals surface area contributed by atoms with Crippen LogP contribution < -0.4 is 4.43 Å². The smallest absolute Gasteiger partial charge is 0.278 e. The lowest BCUT2D eigenvalue weighted by molar-refractivity contribution is 0.0945. The minimum Gasteiger partial charge on any atom is -0.541 e. The fraction of sp³-hybridized carbons (Fsp3) is 0.375. The Balaban J connectivity index is 2.18. The third-order valence-electron chi connectivity index (χ3n) is 3.97. The molecule has 0 saturated carbocycles. The van der Waals surface area contributed by atoms with Crippen LogP contribution in [0.5, 0.6) is 5.75 Å². The molecule has 21 heavy (non-hydrogen) atoms. The second-order valence-corrected chi connectivity index (χ2v) is 11.4. The summed E-state index contributed by atoms with van der Waals surface area (Å²) in [6, 6.07) is 9.11. The summed E-state index contributed by atoms with van der Waals surface area (Å²) in [7, 11) is -1.91. The van der Waals surface area contributed by atoms with Crippen molar-refractivity contribution in [2.45, 2.75) is 38.9 Å². The summed E-state index contributed by atoms with van der Waals surface area (Å²) in [6.45, 7) is 10.9. The molecule has 0 unspecified atom stereocenters. The number of benzene rings is 1. The molecular formula is C16H22N2O2Si. The number of nitrogens with zero attached hydrogens (tertiary/aromatic N) is 2. The molecule has 0 fully saturated rings. The van der Waals surface area contributed by atoms with E-state index in [1.165, 1.54) is 4.68 Å².